The predicted octanol–water partition coefficient (Wildman–Crippen LogP) is 5.76. The van der Waals surface area contributed by atoms with Gasteiger partial charge in [0.25, 0.3) is 0 Å². The van der Waals surface area contributed by atoms with Gasteiger partial charge in [0, 0.05) is 22.4 Å². The minimum atomic E-state index is 0.980. The number of fused-ring (bicyclic) bond motifs is 12. The molecule has 28 heavy (non-hydrogen) atoms. The van der Waals surface area contributed by atoms with E-state index in [1.165, 1.54) is 43.9 Å². The molecule has 3 nitrogen and oxygen atoms in total. The first-order valence-corrected chi connectivity index (χ1v) is 9.57. The number of imidazole rings is 1. The third-order valence-electron chi connectivity index (χ3n) is 6.07. The second-order valence-corrected chi connectivity index (χ2v) is 7.51. The van der Waals surface area contributed by atoms with Gasteiger partial charge in [-0.3, -0.25) is 9.38 Å². The van der Waals surface area contributed by atoms with E-state index in [2.05, 4.69) is 70.0 Å². The summed E-state index contributed by atoms with van der Waals surface area (Å²) in [4.78, 5) is 9.35. The lowest BCUT2D eigenvalue weighted by molar-refractivity contribution is 1.26. The zero-order chi connectivity index (χ0) is 18.2. The Kier molecular flexibility index (Phi) is 2.54. The molecule has 3 heteroatoms. The zero-order valence-corrected chi connectivity index (χ0v) is 15.1. The minimum absolute atomic E-state index is 0.980. The minimum Gasteiger partial charge on any atom is -0.290 e. The van der Waals surface area contributed by atoms with E-state index in [9.17, 15) is 0 Å². The molecule has 1 aliphatic rings. The van der Waals surface area contributed by atoms with Crippen LogP contribution in [0.2, 0.25) is 0 Å². The van der Waals surface area contributed by atoms with Crippen LogP contribution in [-0.4, -0.2) is 14.4 Å². The van der Waals surface area contributed by atoms with Gasteiger partial charge in [0.15, 0.2) is 0 Å². The fourth-order valence-electron chi connectivity index (χ4n) is 4.92. The quantitative estimate of drug-likeness (QED) is 0.323. The molecule has 0 atom stereocenters. The summed E-state index contributed by atoms with van der Waals surface area (Å²) in [7, 11) is 0. The molecule has 0 spiro atoms. The molecule has 0 fully saturated rings. The Morgan fingerprint density at radius 2 is 1.64 bits per heavy atom. The van der Waals surface area contributed by atoms with Gasteiger partial charge in [0.1, 0.15) is 5.65 Å². The van der Waals surface area contributed by atoms with Gasteiger partial charge in [-0.05, 0) is 40.8 Å². The van der Waals surface area contributed by atoms with E-state index in [1.807, 2.05) is 18.5 Å². The van der Waals surface area contributed by atoms with Crippen LogP contribution in [0.1, 0.15) is 11.1 Å². The van der Waals surface area contributed by atoms with E-state index in [4.69, 9.17) is 4.98 Å². The number of rotatable bonds is 0. The van der Waals surface area contributed by atoms with E-state index in [-0.39, 0.29) is 0 Å². The van der Waals surface area contributed by atoms with Crippen LogP contribution in [0.25, 0.3) is 49.5 Å². The molecule has 3 aromatic carbocycles. The Hall–Kier alpha value is -3.72. The van der Waals surface area contributed by atoms with Crippen molar-refractivity contribution in [1.29, 1.82) is 0 Å². The normalized spacial score (nSPS) is 12.9. The summed E-state index contributed by atoms with van der Waals surface area (Å²) >= 11 is 0. The molecule has 0 aliphatic heterocycles. The highest BCUT2D eigenvalue weighted by molar-refractivity contribution is 6.20. The van der Waals surface area contributed by atoms with Crippen molar-refractivity contribution in [2.24, 2.45) is 0 Å². The van der Waals surface area contributed by atoms with Crippen LogP contribution in [0.3, 0.4) is 0 Å². The molecule has 7 rings (SSSR count). The van der Waals surface area contributed by atoms with Gasteiger partial charge in [0.05, 0.1) is 22.7 Å². The molecule has 0 saturated heterocycles. The maximum absolute atomic E-state index is 5.00. The maximum atomic E-state index is 5.00. The van der Waals surface area contributed by atoms with Gasteiger partial charge < -0.3 is 0 Å². The van der Waals surface area contributed by atoms with Gasteiger partial charge in [0.2, 0.25) is 0 Å². The summed E-state index contributed by atoms with van der Waals surface area (Å²) in [6, 6.07) is 24.0. The third kappa shape index (κ3) is 1.65. The Labute approximate surface area is 160 Å². The van der Waals surface area contributed by atoms with Crippen LogP contribution in [-0.2, 0) is 6.42 Å². The Morgan fingerprint density at radius 3 is 2.64 bits per heavy atom. The molecule has 6 aromatic rings. The highest BCUT2D eigenvalue weighted by Crippen LogP contribution is 2.45. The van der Waals surface area contributed by atoms with Gasteiger partial charge in [-0.1, -0.05) is 54.6 Å². The van der Waals surface area contributed by atoms with Gasteiger partial charge in [-0.2, -0.15) is 0 Å². The molecule has 1 aliphatic carbocycles. The summed E-state index contributed by atoms with van der Waals surface area (Å²) in [6.45, 7) is 0. The first-order valence-electron chi connectivity index (χ1n) is 9.57. The molecule has 0 saturated carbocycles. The monoisotopic (exact) mass is 357 g/mol. The number of pyridine rings is 2. The first kappa shape index (κ1) is 14.4. The summed E-state index contributed by atoms with van der Waals surface area (Å²) in [5, 5.41) is 3.78. The number of hydrogen-bond acceptors (Lipinski definition) is 2. The smallest absolute Gasteiger partial charge is 0.146 e. The highest BCUT2D eigenvalue weighted by atomic mass is 15.0. The lowest BCUT2D eigenvalue weighted by Crippen LogP contribution is -1.93. The van der Waals surface area contributed by atoms with Crippen LogP contribution >= 0.6 is 0 Å². The van der Waals surface area contributed by atoms with Crippen molar-refractivity contribution < 1.29 is 0 Å². The average Bonchev–Trinajstić information content (AvgIpc) is 3.32. The average molecular weight is 357 g/mol. The second kappa shape index (κ2) is 4.96. The Balaban J connectivity index is 1.82. The van der Waals surface area contributed by atoms with E-state index in [0.717, 1.165) is 23.1 Å². The topological polar surface area (TPSA) is 30.2 Å². The molecule has 0 bridgehead atoms. The zero-order valence-electron chi connectivity index (χ0n) is 15.1. The summed E-state index contributed by atoms with van der Waals surface area (Å²) < 4.78 is 2.26. The lowest BCUT2D eigenvalue weighted by atomic mass is 9.95. The highest BCUT2D eigenvalue weighted by Gasteiger charge is 2.23. The third-order valence-corrected chi connectivity index (χ3v) is 6.07. The molecule has 130 valence electrons. The molecule has 0 amide bonds. The summed E-state index contributed by atoms with van der Waals surface area (Å²) in [5.74, 6) is 0. The van der Waals surface area contributed by atoms with Gasteiger partial charge in [-0.15, -0.1) is 0 Å². The van der Waals surface area contributed by atoms with Crippen LogP contribution in [0.4, 0.5) is 0 Å². The molecule has 3 heterocycles. The van der Waals surface area contributed by atoms with Crippen molar-refractivity contribution in [3.63, 3.8) is 0 Å². The summed E-state index contributed by atoms with van der Waals surface area (Å²) in [6.07, 6.45) is 4.73. The molecular formula is C25H15N3. The molecule has 0 N–H and O–H groups in total. The standard InChI is InChI=1S/C25H15N3/c1-2-6-17-15(5-1)13-16-9-10-19-24(23(16)17)18-7-3-4-8-21(18)28-22-14-26-12-11-20(22)27-25(19)28/h1-12,14H,13H2. The van der Waals surface area contributed by atoms with Crippen molar-refractivity contribution >= 4 is 38.4 Å². The van der Waals surface area contributed by atoms with Gasteiger partial charge in [-0.25, -0.2) is 4.98 Å². The fourth-order valence-corrected chi connectivity index (χ4v) is 4.92. The number of benzene rings is 3. The first-order chi connectivity index (χ1) is 13.9. The van der Waals surface area contributed by atoms with Crippen molar-refractivity contribution in [3.05, 3.63) is 90.3 Å². The van der Waals surface area contributed by atoms with E-state index in [0.29, 0.717) is 0 Å². The molecule has 0 radical (unpaired) electrons. The maximum Gasteiger partial charge on any atom is 0.146 e. The molecule has 3 aromatic heterocycles. The van der Waals surface area contributed by atoms with Crippen LogP contribution < -0.4 is 0 Å². The second-order valence-electron chi connectivity index (χ2n) is 7.51. The number of nitrogens with zero attached hydrogens (tertiary/aromatic N) is 3. The predicted molar refractivity (Wildman–Crippen MR) is 114 cm³/mol. The van der Waals surface area contributed by atoms with Crippen molar-refractivity contribution in [3.8, 4) is 11.1 Å². The summed E-state index contributed by atoms with van der Waals surface area (Å²) in [5.41, 5.74) is 9.76. The van der Waals surface area contributed by atoms with Crippen LogP contribution in [0, 0.1) is 0 Å². The van der Waals surface area contributed by atoms with E-state index in [1.54, 1.807) is 0 Å². The Morgan fingerprint density at radius 1 is 0.750 bits per heavy atom. The van der Waals surface area contributed by atoms with Crippen molar-refractivity contribution in [1.82, 2.24) is 14.4 Å². The number of para-hydroxylation sites is 1. The lowest BCUT2D eigenvalue weighted by Gasteiger charge is -2.13. The molecular weight excluding hydrogens is 342 g/mol. The fraction of sp³-hybridized carbons (Fsp3) is 0.0400. The van der Waals surface area contributed by atoms with Gasteiger partial charge >= 0.3 is 0 Å². The largest absolute Gasteiger partial charge is 0.290 e. The number of hydrogen-bond donors (Lipinski definition) is 0. The van der Waals surface area contributed by atoms with Crippen LogP contribution in [0.5, 0.6) is 0 Å². The van der Waals surface area contributed by atoms with Crippen molar-refractivity contribution in [2.75, 3.05) is 0 Å². The van der Waals surface area contributed by atoms with E-state index < -0.39 is 0 Å². The van der Waals surface area contributed by atoms with Crippen molar-refractivity contribution in [2.45, 2.75) is 6.42 Å². The van der Waals surface area contributed by atoms with Crippen LogP contribution in [0.15, 0.2) is 79.1 Å². The molecule has 0 unspecified atom stereocenters. The Bertz CT molecular complexity index is 1590. The number of aromatic nitrogens is 3. The van der Waals surface area contributed by atoms with E-state index >= 15 is 0 Å². The SMILES string of the molecule is c1ccc2c(c1)Cc1ccc3c(c1-2)c1ccccc1n1c2cnccc2nc31.